The van der Waals surface area contributed by atoms with Gasteiger partial charge in [-0.25, -0.2) is 4.98 Å². The van der Waals surface area contributed by atoms with Gasteiger partial charge in [0.2, 0.25) is 0 Å². The first kappa shape index (κ1) is 12.5. The Hall–Kier alpha value is -2.54. The van der Waals surface area contributed by atoms with Gasteiger partial charge in [-0.1, -0.05) is 24.3 Å². The molecule has 2 aromatic rings. The maximum Gasteiger partial charge on any atom is 0.142 e. The van der Waals surface area contributed by atoms with E-state index in [9.17, 15) is 0 Å². The third-order valence-electron chi connectivity index (χ3n) is 3.53. The van der Waals surface area contributed by atoms with Crippen LogP contribution in [0.15, 0.2) is 42.5 Å². The van der Waals surface area contributed by atoms with Crippen molar-refractivity contribution in [2.75, 3.05) is 10.6 Å². The predicted octanol–water partition coefficient (Wildman–Crippen LogP) is 2.70. The Morgan fingerprint density at radius 2 is 2.00 bits per heavy atom. The van der Waals surface area contributed by atoms with Gasteiger partial charge in [0.05, 0.1) is 0 Å². The van der Waals surface area contributed by atoms with Gasteiger partial charge in [0.1, 0.15) is 17.6 Å². The Morgan fingerprint density at radius 3 is 2.70 bits per heavy atom. The van der Waals surface area contributed by atoms with Crippen molar-refractivity contribution >= 4 is 11.5 Å². The van der Waals surface area contributed by atoms with E-state index < -0.39 is 0 Å². The molecule has 20 heavy (non-hydrogen) atoms. The maximum absolute atomic E-state index is 8.98. The maximum atomic E-state index is 8.98. The molecule has 1 aliphatic carbocycles. The van der Waals surface area contributed by atoms with Crippen molar-refractivity contribution in [2.24, 2.45) is 0 Å². The fraction of sp³-hybridized carbons (Fsp3) is 0.250. The second-order valence-electron chi connectivity index (χ2n) is 5.05. The molecule has 0 atom stereocenters. The second kappa shape index (κ2) is 5.22. The lowest BCUT2D eigenvalue weighted by Crippen LogP contribution is -2.26. The summed E-state index contributed by atoms with van der Waals surface area (Å²) >= 11 is 0. The lowest BCUT2D eigenvalue weighted by Gasteiger charge is -2.24. The van der Waals surface area contributed by atoms with Gasteiger partial charge in [-0.15, -0.1) is 0 Å². The molecule has 4 heteroatoms. The average molecular weight is 264 g/mol. The number of aromatic nitrogens is 1. The second-order valence-corrected chi connectivity index (χ2v) is 5.05. The fourth-order valence-corrected chi connectivity index (χ4v) is 2.29. The molecule has 0 bridgehead atoms. The Morgan fingerprint density at radius 1 is 1.20 bits per heavy atom. The predicted molar refractivity (Wildman–Crippen MR) is 79.0 cm³/mol. The minimum Gasteiger partial charge on any atom is -0.398 e. The SMILES string of the molecule is N#Cc1cccc(N(Cc2ccccc2N)C2CC2)n1. The summed E-state index contributed by atoms with van der Waals surface area (Å²) in [5, 5.41) is 8.98. The monoisotopic (exact) mass is 264 g/mol. The molecule has 4 nitrogen and oxygen atoms in total. The molecule has 1 aromatic carbocycles. The van der Waals surface area contributed by atoms with Crippen LogP contribution in [-0.4, -0.2) is 11.0 Å². The van der Waals surface area contributed by atoms with E-state index in [0.29, 0.717) is 11.7 Å². The summed E-state index contributed by atoms with van der Waals surface area (Å²) in [6, 6.07) is 16.1. The number of nitrogens with zero attached hydrogens (tertiary/aromatic N) is 3. The van der Waals surface area contributed by atoms with Crippen LogP contribution in [0.5, 0.6) is 0 Å². The molecule has 0 amide bonds. The summed E-state index contributed by atoms with van der Waals surface area (Å²) in [6.45, 7) is 0.735. The summed E-state index contributed by atoms with van der Waals surface area (Å²) in [5.41, 5.74) is 8.38. The summed E-state index contributed by atoms with van der Waals surface area (Å²) in [4.78, 5) is 6.65. The number of para-hydroxylation sites is 1. The third kappa shape index (κ3) is 2.57. The van der Waals surface area contributed by atoms with Crippen LogP contribution in [0.2, 0.25) is 0 Å². The molecule has 0 aliphatic heterocycles. The van der Waals surface area contributed by atoms with Crippen molar-refractivity contribution in [3.05, 3.63) is 53.7 Å². The first-order valence-electron chi connectivity index (χ1n) is 6.75. The van der Waals surface area contributed by atoms with Crippen molar-refractivity contribution < 1.29 is 0 Å². The van der Waals surface area contributed by atoms with Crippen molar-refractivity contribution in [3.8, 4) is 6.07 Å². The molecule has 1 aromatic heterocycles. The normalized spacial score (nSPS) is 13.8. The Kier molecular flexibility index (Phi) is 3.26. The smallest absolute Gasteiger partial charge is 0.142 e. The van der Waals surface area contributed by atoms with E-state index in [4.69, 9.17) is 11.0 Å². The quantitative estimate of drug-likeness (QED) is 0.862. The van der Waals surface area contributed by atoms with Crippen LogP contribution in [0.4, 0.5) is 11.5 Å². The van der Waals surface area contributed by atoms with Crippen molar-refractivity contribution in [3.63, 3.8) is 0 Å². The van der Waals surface area contributed by atoms with Gasteiger partial charge >= 0.3 is 0 Å². The fourth-order valence-electron chi connectivity index (χ4n) is 2.29. The summed E-state index contributed by atoms with van der Waals surface area (Å²) in [7, 11) is 0. The summed E-state index contributed by atoms with van der Waals surface area (Å²) in [5.74, 6) is 0.856. The average Bonchev–Trinajstić information content (AvgIpc) is 3.31. The van der Waals surface area contributed by atoms with E-state index >= 15 is 0 Å². The number of nitrogens with two attached hydrogens (primary N) is 1. The number of rotatable bonds is 4. The molecule has 1 fully saturated rings. The van der Waals surface area contributed by atoms with Crippen molar-refractivity contribution in [2.45, 2.75) is 25.4 Å². The minimum absolute atomic E-state index is 0.453. The van der Waals surface area contributed by atoms with Crippen LogP contribution in [0.3, 0.4) is 0 Å². The lowest BCUT2D eigenvalue weighted by atomic mass is 10.1. The van der Waals surface area contributed by atoms with Crippen molar-refractivity contribution in [1.29, 1.82) is 5.26 Å². The highest BCUT2D eigenvalue weighted by molar-refractivity contribution is 5.51. The molecule has 100 valence electrons. The van der Waals surface area contributed by atoms with Gasteiger partial charge in [-0.2, -0.15) is 5.26 Å². The van der Waals surface area contributed by atoms with Gasteiger partial charge in [-0.3, -0.25) is 0 Å². The zero-order valence-electron chi connectivity index (χ0n) is 11.2. The number of nitriles is 1. The molecule has 0 saturated heterocycles. The first-order chi connectivity index (χ1) is 9.78. The third-order valence-corrected chi connectivity index (χ3v) is 3.53. The minimum atomic E-state index is 0.453. The molecule has 3 rings (SSSR count). The Labute approximate surface area is 118 Å². The number of nitrogen functional groups attached to an aromatic ring is 1. The van der Waals surface area contributed by atoms with E-state index in [2.05, 4.69) is 16.0 Å². The molecule has 2 N–H and O–H groups in total. The van der Waals surface area contributed by atoms with Crippen LogP contribution in [0.1, 0.15) is 24.1 Å². The number of benzene rings is 1. The van der Waals surface area contributed by atoms with E-state index in [1.807, 2.05) is 36.4 Å². The van der Waals surface area contributed by atoms with Gasteiger partial charge in [0.15, 0.2) is 0 Å². The number of pyridine rings is 1. The van der Waals surface area contributed by atoms with E-state index in [1.54, 1.807) is 6.07 Å². The standard InChI is InChI=1S/C16H16N4/c17-10-13-5-3-7-16(19-13)20(14-8-9-14)11-12-4-1-2-6-15(12)18/h1-7,14H,8-9,11,18H2. The van der Waals surface area contributed by atoms with E-state index in [-0.39, 0.29) is 0 Å². The zero-order valence-corrected chi connectivity index (χ0v) is 11.2. The largest absolute Gasteiger partial charge is 0.398 e. The molecule has 0 unspecified atom stereocenters. The Balaban J connectivity index is 1.90. The molecule has 0 radical (unpaired) electrons. The molecular weight excluding hydrogens is 248 g/mol. The zero-order chi connectivity index (χ0) is 13.9. The summed E-state index contributed by atoms with van der Waals surface area (Å²) < 4.78 is 0. The highest BCUT2D eigenvalue weighted by Gasteiger charge is 2.30. The van der Waals surface area contributed by atoms with Crippen LogP contribution < -0.4 is 10.6 Å². The number of hydrogen-bond acceptors (Lipinski definition) is 4. The molecular formula is C16H16N4. The number of anilines is 2. The molecule has 1 aliphatic rings. The lowest BCUT2D eigenvalue weighted by molar-refractivity contribution is 0.778. The highest BCUT2D eigenvalue weighted by Crippen LogP contribution is 2.32. The Bertz CT molecular complexity index is 656. The van der Waals surface area contributed by atoms with Crippen LogP contribution in [0.25, 0.3) is 0 Å². The first-order valence-corrected chi connectivity index (χ1v) is 6.75. The van der Waals surface area contributed by atoms with Gasteiger partial charge in [-0.05, 0) is 36.6 Å². The summed E-state index contributed by atoms with van der Waals surface area (Å²) in [6.07, 6.45) is 2.34. The van der Waals surface area contributed by atoms with Crippen LogP contribution in [-0.2, 0) is 6.54 Å². The molecule has 1 heterocycles. The highest BCUT2D eigenvalue weighted by atomic mass is 15.2. The van der Waals surface area contributed by atoms with E-state index in [0.717, 1.165) is 23.6 Å². The van der Waals surface area contributed by atoms with Crippen molar-refractivity contribution in [1.82, 2.24) is 4.98 Å². The van der Waals surface area contributed by atoms with Gasteiger partial charge < -0.3 is 10.6 Å². The molecule has 0 spiro atoms. The van der Waals surface area contributed by atoms with Crippen LogP contribution in [0, 0.1) is 11.3 Å². The topological polar surface area (TPSA) is 65.9 Å². The van der Waals surface area contributed by atoms with Crippen LogP contribution >= 0.6 is 0 Å². The van der Waals surface area contributed by atoms with Gasteiger partial charge in [0.25, 0.3) is 0 Å². The number of hydrogen-bond donors (Lipinski definition) is 1. The van der Waals surface area contributed by atoms with E-state index in [1.165, 1.54) is 12.8 Å². The molecule has 1 saturated carbocycles. The van der Waals surface area contributed by atoms with Gasteiger partial charge in [0, 0.05) is 18.3 Å².